The van der Waals surface area contributed by atoms with Crippen molar-refractivity contribution in [3.63, 3.8) is 0 Å². The molecule has 32 heavy (non-hydrogen) atoms. The highest BCUT2D eigenvalue weighted by Crippen LogP contribution is 2.44. The summed E-state index contributed by atoms with van der Waals surface area (Å²) in [5.41, 5.74) is 1.88. The van der Waals surface area contributed by atoms with E-state index in [0.29, 0.717) is 17.2 Å². The third kappa shape index (κ3) is 3.35. The van der Waals surface area contributed by atoms with Gasteiger partial charge in [-0.05, 0) is 50.1 Å². The number of non-ortho nitro benzene ring substituents is 1. The number of aliphatic hydroxyl groups is 1. The van der Waals surface area contributed by atoms with E-state index in [1.54, 1.807) is 31.2 Å². The number of aliphatic hydroxyl groups excluding tert-OH is 1. The van der Waals surface area contributed by atoms with Gasteiger partial charge in [0.2, 0.25) is 0 Å². The van der Waals surface area contributed by atoms with Crippen LogP contribution in [-0.2, 0) is 9.59 Å². The van der Waals surface area contributed by atoms with Crippen LogP contribution in [0.2, 0.25) is 0 Å². The lowest BCUT2D eigenvalue weighted by Crippen LogP contribution is -2.30. The lowest BCUT2D eigenvalue weighted by molar-refractivity contribution is -0.384. The van der Waals surface area contributed by atoms with Crippen molar-refractivity contribution in [1.82, 2.24) is 0 Å². The van der Waals surface area contributed by atoms with E-state index in [2.05, 4.69) is 0 Å². The number of anilines is 1. The molecule has 1 atom stereocenters. The number of nitro groups is 1. The van der Waals surface area contributed by atoms with Gasteiger partial charge in [0.1, 0.15) is 23.3 Å². The molecule has 3 aromatic rings. The van der Waals surface area contributed by atoms with Gasteiger partial charge < -0.3 is 9.52 Å². The Hall–Kier alpha value is -4.20. The molecule has 0 bridgehead atoms. The predicted octanol–water partition coefficient (Wildman–Crippen LogP) is 4.74. The molecule has 1 aliphatic heterocycles. The number of rotatable bonds is 4. The maximum absolute atomic E-state index is 13.2. The third-order valence-corrected chi connectivity index (χ3v) is 5.64. The lowest BCUT2D eigenvalue weighted by Gasteiger charge is -2.25. The van der Waals surface area contributed by atoms with Gasteiger partial charge in [0, 0.05) is 23.4 Å². The van der Waals surface area contributed by atoms with Gasteiger partial charge in [-0.15, -0.1) is 0 Å². The fourth-order valence-electron chi connectivity index (χ4n) is 3.87. The number of carbonyl (C=O) groups excluding carboxylic acids is 2. The summed E-state index contributed by atoms with van der Waals surface area (Å²) in [4.78, 5) is 38.2. The van der Waals surface area contributed by atoms with Crippen molar-refractivity contribution < 1.29 is 24.0 Å². The van der Waals surface area contributed by atoms with Gasteiger partial charge >= 0.3 is 0 Å². The standard InChI is InChI=1S/C24H20N2O6/c1-13-6-4-9-18(15(13)3)25-21(19-11-10-14(2)32-19)20(23(28)24(25)29)22(27)16-7-5-8-17(12-16)26(30)31/h4-12,21,27H,1-3H3/b22-20-. The smallest absolute Gasteiger partial charge is 0.300 e. The fraction of sp³-hybridized carbons (Fsp3) is 0.167. The van der Waals surface area contributed by atoms with Crippen LogP contribution in [0.4, 0.5) is 11.4 Å². The Morgan fingerprint density at radius 3 is 2.44 bits per heavy atom. The normalized spacial score (nSPS) is 17.7. The van der Waals surface area contributed by atoms with Crippen LogP contribution in [0.5, 0.6) is 0 Å². The van der Waals surface area contributed by atoms with E-state index in [1.807, 2.05) is 19.9 Å². The highest BCUT2D eigenvalue weighted by molar-refractivity contribution is 6.51. The summed E-state index contributed by atoms with van der Waals surface area (Å²) in [6, 6.07) is 13.0. The maximum atomic E-state index is 13.2. The van der Waals surface area contributed by atoms with Crippen LogP contribution in [-0.4, -0.2) is 21.7 Å². The van der Waals surface area contributed by atoms with Crippen LogP contribution in [0.3, 0.4) is 0 Å². The Bertz CT molecular complexity index is 1300. The Labute approximate surface area is 183 Å². The Kier molecular flexibility index (Phi) is 5.14. The van der Waals surface area contributed by atoms with Crippen molar-refractivity contribution in [2.45, 2.75) is 26.8 Å². The van der Waals surface area contributed by atoms with Gasteiger partial charge in [-0.2, -0.15) is 0 Å². The quantitative estimate of drug-likeness (QED) is 0.209. The second kappa shape index (κ2) is 7.81. The number of amides is 1. The molecule has 0 aliphatic carbocycles. The largest absolute Gasteiger partial charge is 0.507 e. The number of aryl methyl sites for hydroxylation is 2. The van der Waals surface area contributed by atoms with Gasteiger partial charge in [-0.3, -0.25) is 24.6 Å². The molecule has 0 saturated carbocycles. The number of Topliss-reactive ketones (excluding diaryl/α,β-unsaturated/α-hetero) is 1. The average Bonchev–Trinajstić information content (AvgIpc) is 3.31. The minimum absolute atomic E-state index is 0.0615. The Morgan fingerprint density at radius 1 is 1.06 bits per heavy atom. The van der Waals surface area contributed by atoms with E-state index in [1.165, 1.54) is 23.1 Å². The Balaban J connectivity index is 1.97. The second-order valence-corrected chi connectivity index (χ2v) is 7.64. The molecule has 1 aromatic heterocycles. The van der Waals surface area contributed by atoms with Crippen LogP contribution in [0.25, 0.3) is 5.76 Å². The van der Waals surface area contributed by atoms with E-state index in [9.17, 15) is 24.8 Å². The highest BCUT2D eigenvalue weighted by atomic mass is 16.6. The first-order valence-electron chi connectivity index (χ1n) is 9.89. The lowest BCUT2D eigenvalue weighted by atomic mass is 9.98. The van der Waals surface area contributed by atoms with Crippen molar-refractivity contribution >= 4 is 28.8 Å². The molecule has 1 amide bonds. The summed E-state index contributed by atoms with van der Waals surface area (Å²) >= 11 is 0. The molecule has 1 saturated heterocycles. The zero-order valence-corrected chi connectivity index (χ0v) is 17.7. The molecule has 1 fully saturated rings. The van der Waals surface area contributed by atoms with Crippen LogP contribution in [0, 0.1) is 30.9 Å². The monoisotopic (exact) mass is 432 g/mol. The van der Waals surface area contributed by atoms with Crippen LogP contribution >= 0.6 is 0 Å². The van der Waals surface area contributed by atoms with Gasteiger partial charge in [0.05, 0.1) is 10.5 Å². The van der Waals surface area contributed by atoms with E-state index in [0.717, 1.165) is 17.2 Å². The molecule has 8 nitrogen and oxygen atoms in total. The molecular formula is C24H20N2O6. The molecule has 1 N–H and O–H groups in total. The number of benzene rings is 2. The zero-order valence-electron chi connectivity index (χ0n) is 17.7. The van der Waals surface area contributed by atoms with E-state index in [-0.39, 0.29) is 16.8 Å². The van der Waals surface area contributed by atoms with E-state index >= 15 is 0 Å². The first kappa shape index (κ1) is 21.0. The number of ketones is 1. The van der Waals surface area contributed by atoms with Gasteiger partial charge in [0.25, 0.3) is 17.4 Å². The molecule has 2 aromatic carbocycles. The second-order valence-electron chi connectivity index (χ2n) is 7.64. The number of hydrogen-bond acceptors (Lipinski definition) is 6. The topological polar surface area (TPSA) is 114 Å². The van der Waals surface area contributed by atoms with Gasteiger partial charge in [0.15, 0.2) is 0 Å². The fourth-order valence-corrected chi connectivity index (χ4v) is 3.87. The van der Waals surface area contributed by atoms with Crippen molar-refractivity contribution in [1.29, 1.82) is 0 Å². The third-order valence-electron chi connectivity index (χ3n) is 5.64. The van der Waals surface area contributed by atoms with Crippen molar-refractivity contribution in [3.05, 3.63) is 98.5 Å². The average molecular weight is 432 g/mol. The first-order chi connectivity index (χ1) is 15.2. The van der Waals surface area contributed by atoms with Crippen molar-refractivity contribution in [3.8, 4) is 0 Å². The van der Waals surface area contributed by atoms with Crippen LogP contribution < -0.4 is 4.90 Å². The maximum Gasteiger partial charge on any atom is 0.300 e. The Morgan fingerprint density at radius 2 is 1.78 bits per heavy atom. The van der Waals surface area contributed by atoms with E-state index < -0.39 is 28.4 Å². The molecule has 8 heteroatoms. The summed E-state index contributed by atoms with van der Waals surface area (Å²) in [5, 5.41) is 22.2. The highest BCUT2D eigenvalue weighted by Gasteiger charge is 2.48. The molecule has 2 heterocycles. The summed E-state index contributed by atoms with van der Waals surface area (Å²) in [6.45, 7) is 5.47. The number of hydrogen-bond donors (Lipinski definition) is 1. The summed E-state index contributed by atoms with van der Waals surface area (Å²) in [6.07, 6.45) is 0. The molecular weight excluding hydrogens is 412 g/mol. The first-order valence-corrected chi connectivity index (χ1v) is 9.89. The molecule has 4 rings (SSSR count). The van der Waals surface area contributed by atoms with E-state index in [4.69, 9.17) is 4.42 Å². The minimum atomic E-state index is -1.02. The van der Waals surface area contributed by atoms with Gasteiger partial charge in [-0.1, -0.05) is 24.3 Å². The number of furan rings is 1. The number of carbonyl (C=O) groups is 2. The predicted molar refractivity (Wildman–Crippen MR) is 117 cm³/mol. The summed E-state index contributed by atoms with van der Waals surface area (Å²) in [7, 11) is 0. The summed E-state index contributed by atoms with van der Waals surface area (Å²) < 4.78 is 5.76. The number of nitrogens with zero attached hydrogens (tertiary/aromatic N) is 2. The molecule has 1 aliphatic rings. The molecule has 0 radical (unpaired) electrons. The molecule has 1 unspecified atom stereocenters. The van der Waals surface area contributed by atoms with Crippen LogP contribution in [0.1, 0.15) is 34.3 Å². The summed E-state index contributed by atoms with van der Waals surface area (Å²) in [5.74, 6) is -1.34. The van der Waals surface area contributed by atoms with Gasteiger partial charge in [-0.25, -0.2) is 0 Å². The molecule has 0 spiro atoms. The molecule has 162 valence electrons. The van der Waals surface area contributed by atoms with Crippen molar-refractivity contribution in [2.24, 2.45) is 0 Å². The van der Waals surface area contributed by atoms with Crippen LogP contribution in [0.15, 0.2) is 64.6 Å². The van der Waals surface area contributed by atoms with Crippen molar-refractivity contribution in [2.75, 3.05) is 4.90 Å². The SMILES string of the molecule is Cc1ccc(C2/C(=C(/O)c3cccc([N+](=O)[O-])c3)C(=O)C(=O)N2c2cccc(C)c2C)o1. The zero-order chi connectivity index (χ0) is 23.2. The number of nitro benzene ring substituents is 1. The minimum Gasteiger partial charge on any atom is -0.507 e.